The van der Waals surface area contributed by atoms with Crippen LogP contribution >= 0.6 is 0 Å². The molecule has 0 bridgehead atoms. The number of aryl methyl sites for hydroxylation is 1. The predicted octanol–water partition coefficient (Wildman–Crippen LogP) is 3.31. The molecule has 0 fully saturated rings. The van der Waals surface area contributed by atoms with Crippen molar-refractivity contribution in [2.24, 2.45) is 5.92 Å². The van der Waals surface area contributed by atoms with E-state index in [1.165, 1.54) is 0 Å². The summed E-state index contributed by atoms with van der Waals surface area (Å²) < 4.78 is 5.54. The maximum absolute atomic E-state index is 12.3. The number of ether oxygens (including phenoxy) is 1. The van der Waals surface area contributed by atoms with Gasteiger partial charge in [0.15, 0.2) is 6.61 Å². The second-order valence-corrected chi connectivity index (χ2v) is 7.04. The van der Waals surface area contributed by atoms with Crippen LogP contribution in [0.25, 0.3) is 0 Å². The number of nitrogens with one attached hydrogen (secondary N) is 1. The van der Waals surface area contributed by atoms with Gasteiger partial charge in [-0.05, 0) is 48.2 Å². The summed E-state index contributed by atoms with van der Waals surface area (Å²) >= 11 is 0. The number of hydrogen-bond acceptors (Lipinski definition) is 3. The van der Waals surface area contributed by atoms with Crippen LogP contribution in [0.5, 0.6) is 5.75 Å². The van der Waals surface area contributed by atoms with Crippen LogP contribution in [0.15, 0.2) is 42.5 Å². The monoisotopic (exact) mass is 352 g/mol. The Hall–Kier alpha value is -2.82. The highest BCUT2D eigenvalue weighted by Crippen LogP contribution is 2.33. The fourth-order valence-corrected chi connectivity index (χ4v) is 2.83. The van der Waals surface area contributed by atoms with Crippen molar-refractivity contribution in [2.45, 2.75) is 27.3 Å². The molecule has 2 amide bonds. The number of carbonyl (C=O) groups is 2. The third-order valence-corrected chi connectivity index (χ3v) is 4.29. The van der Waals surface area contributed by atoms with Crippen molar-refractivity contribution in [3.05, 3.63) is 59.2 Å². The molecule has 1 heterocycles. The van der Waals surface area contributed by atoms with Gasteiger partial charge in [-0.3, -0.25) is 9.59 Å². The molecule has 26 heavy (non-hydrogen) atoms. The van der Waals surface area contributed by atoms with E-state index < -0.39 is 0 Å². The first kappa shape index (κ1) is 18.0. The van der Waals surface area contributed by atoms with E-state index in [2.05, 4.69) is 19.2 Å². The average molecular weight is 352 g/mol. The molecule has 1 aliphatic heterocycles. The number of anilines is 1. The molecule has 5 nitrogen and oxygen atoms in total. The molecule has 2 aromatic rings. The van der Waals surface area contributed by atoms with E-state index in [0.29, 0.717) is 24.6 Å². The van der Waals surface area contributed by atoms with E-state index in [-0.39, 0.29) is 18.4 Å². The zero-order chi connectivity index (χ0) is 18.7. The van der Waals surface area contributed by atoms with Crippen molar-refractivity contribution < 1.29 is 14.3 Å². The zero-order valence-electron chi connectivity index (χ0n) is 15.4. The molecule has 1 aliphatic rings. The van der Waals surface area contributed by atoms with E-state index in [9.17, 15) is 9.59 Å². The minimum Gasteiger partial charge on any atom is -0.482 e. The van der Waals surface area contributed by atoms with Crippen LogP contribution < -0.4 is 15.0 Å². The number of nitrogens with zero attached hydrogens (tertiary/aromatic N) is 1. The number of fused-ring (bicyclic) bond motifs is 1. The lowest BCUT2D eigenvalue weighted by Gasteiger charge is -2.29. The Kier molecular flexibility index (Phi) is 5.26. The summed E-state index contributed by atoms with van der Waals surface area (Å²) in [6.07, 6.45) is 0. The summed E-state index contributed by atoms with van der Waals surface area (Å²) in [4.78, 5) is 26.1. The van der Waals surface area contributed by atoms with Gasteiger partial charge in [0, 0.05) is 12.1 Å². The van der Waals surface area contributed by atoms with E-state index in [1.807, 2.05) is 37.3 Å². The second kappa shape index (κ2) is 7.60. The molecule has 1 N–H and O–H groups in total. The molecule has 5 heteroatoms. The Labute approximate surface area is 154 Å². The largest absolute Gasteiger partial charge is 0.482 e. The molecular formula is C21H24N2O3. The molecule has 0 unspecified atom stereocenters. The van der Waals surface area contributed by atoms with Gasteiger partial charge in [-0.2, -0.15) is 0 Å². The first-order chi connectivity index (χ1) is 12.4. The molecule has 0 saturated carbocycles. The fourth-order valence-electron chi connectivity index (χ4n) is 2.83. The Morgan fingerprint density at radius 3 is 2.62 bits per heavy atom. The third-order valence-electron chi connectivity index (χ3n) is 4.29. The summed E-state index contributed by atoms with van der Waals surface area (Å²) in [5, 5.41) is 2.90. The minimum absolute atomic E-state index is 0.0478. The molecule has 0 radical (unpaired) electrons. The van der Waals surface area contributed by atoms with Crippen molar-refractivity contribution in [1.29, 1.82) is 0 Å². The molecule has 136 valence electrons. The van der Waals surface area contributed by atoms with Gasteiger partial charge in [-0.15, -0.1) is 0 Å². The molecule has 0 aliphatic carbocycles. The lowest BCUT2D eigenvalue weighted by atomic mass is 10.1. The summed E-state index contributed by atoms with van der Waals surface area (Å²) in [5.74, 6) is 0.997. The summed E-state index contributed by atoms with van der Waals surface area (Å²) in [5.41, 5.74) is 3.46. The first-order valence-corrected chi connectivity index (χ1v) is 8.85. The molecule has 0 atom stereocenters. The van der Waals surface area contributed by atoms with Gasteiger partial charge in [0.25, 0.3) is 11.8 Å². The van der Waals surface area contributed by atoms with Gasteiger partial charge in [0.05, 0.1) is 12.2 Å². The highest BCUT2D eigenvalue weighted by atomic mass is 16.5. The van der Waals surface area contributed by atoms with Crippen LogP contribution in [0.1, 0.15) is 35.3 Å². The molecule has 0 spiro atoms. The predicted molar refractivity (Wildman–Crippen MR) is 101 cm³/mol. The number of amides is 2. The first-order valence-electron chi connectivity index (χ1n) is 8.85. The van der Waals surface area contributed by atoms with Crippen LogP contribution in [-0.2, 0) is 11.3 Å². The highest BCUT2D eigenvalue weighted by Gasteiger charge is 2.25. The van der Waals surface area contributed by atoms with Gasteiger partial charge in [0.1, 0.15) is 5.75 Å². The molecule has 3 rings (SSSR count). The van der Waals surface area contributed by atoms with Crippen molar-refractivity contribution in [3.63, 3.8) is 0 Å². The summed E-state index contributed by atoms with van der Waals surface area (Å²) in [6.45, 7) is 7.26. The van der Waals surface area contributed by atoms with Gasteiger partial charge in [0.2, 0.25) is 0 Å². The molecule has 0 saturated heterocycles. The van der Waals surface area contributed by atoms with Crippen molar-refractivity contribution >= 4 is 17.5 Å². The van der Waals surface area contributed by atoms with Gasteiger partial charge in [-0.1, -0.05) is 32.0 Å². The Balaban J connectivity index is 1.73. The van der Waals surface area contributed by atoms with Gasteiger partial charge in [-0.25, -0.2) is 0 Å². The zero-order valence-corrected chi connectivity index (χ0v) is 15.4. The second-order valence-electron chi connectivity index (χ2n) is 7.04. The van der Waals surface area contributed by atoms with Gasteiger partial charge < -0.3 is 15.0 Å². The fraction of sp³-hybridized carbons (Fsp3) is 0.333. The number of hydrogen-bond donors (Lipinski definition) is 1. The smallest absolute Gasteiger partial charge is 0.265 e. The lowest BCUT2D eigenvalue weighted by Crippen LogP contribution is -2.38. The van der Waals surface area contributed by atoms with E-state index >= 15 is 0 Å². The van der Waals surface area contributed by atoms with Crippen LogP contribution in [0.4, 0.5) is 5.69 Å². The van der Waals surface area contributed by atoms with E-state index in [0.717, 1.165) is 22.6 Å². The quantitative estimate of drug-likeness (QED) is 0.898. The maximum atomic E-state index is 12.3. The minimum atomic E-state index is -0.0754. The van der Waals surface area contributed by atoms with Crippen molar-refractivity contribution in [1.82, 2.24) is 5.32 Å². The van der Waals surface area contributed by atoms with Crippen molar-refractivity contribution in [2.75, 3.05) is 18.1 Å². The Morgan fingerprint density at radius 1 is 1.19 bits per heavy atom. The van der Waals surface area contributed by atoms with E-state index in [1.54, 1.807) is 17.0 Å². The molecular weight excluding hydrogens is 328 g/mol. The average Bonchev–Trinajstić information content (AvgIpc) is 2.62. The highest BCUT2D eigenvalue weighted by molar-refractivity contribution is 5.98. The van der Waals surface area contributed by atoms with Crippen LogP contribution in [0, 0.1) is 12.8 Å². The van der Waals surface area contributed by atoms with Crippen LogP contribution in [-0.4, -0.2) is 25.0 Å². The summed E-state index contributed by atoms with van der Waals surface area (Å²) in [7, 11) is 0. The maximum Gasteiger partial charge on any atom is 0.265 e. The summed E-state index contributed by atoms with van der Waals surface area (Å²) in [6, 6.07) is 13.2. The molecule has 2 aromatic carbocycles. The molecule has 0 aromatic heterocycles. The number of benzene rings is 2. The van der Waals surface area contributed by atoms with Gasteiger partial charge >= 0.3 is 0 Å². The third kappa shape index (κ3) is 4.04. The Bertz CT molecular complexity index is 813. The Morgan fingerprint density at radius 2 is 1.92 bits per heavy atom. The van der Waals surface area contributed by atoms with E-state index in [4.69, 9.17) is 4.74 Å². The van der Waals surface area contributed by atoms with Crippen molar-refractivity contribution in [3.8, 4) is 5.75 Å². The SMILES string of the molecule is Cc1ccc2c(c1)OCC(=O)N2Cc1ccc(C(=O)NCC(C)C)cc1. The standard InChI is InChI=1S/C21H24N2O3/c1-14(2)11-22-21(25)17-7-5-16(6-8-17)12-23-18-9-4-15(3)10-19(18)26-13-20(23)24/h4-10,14H,11-13H2,1-3H3,(H,22,25). The number of rotatable bonds is 5. The topological polar surface area (TPSA) is 58.6 Å². The van der Waals surface area contributed by atoms with Crippen LogP contribution in [0.3, 0.4) is 0 Å². The number of carbonyl (C=O) groups excluding carboxylic acids is 2. The lowest BCUT2D eigenvalue weighted by molar-refractivity contribution is -0.121. The normalized spacial score (nSPS) is 13.4. The van der Waals surface area contributed by atoms with Crippen LogP contribution in [0.2, 0.25) is 0 Å².